The Labute approximate surface area is 147 Å². The third-order valence-corrected chi connectivity index (χ3v) is 5.12. The number of carbonyl (C=O) groups is 1. The summed E-state index contributed by atoms with van der Waals surface area (Å²) in [5.41, 5.74) is 2.22. The fraction of sp³-hybridized carbons (Fsp3) is 0.316. The molecule has 0 atom stereocenters. The average Bonchev–Trinajstić information content (AvgIpc) is 2.58. The third kappa shape index (κ3) is 3.77. The highest BCUT2D eigenvalue weighted by Gasteiger charge is 2.19. The van der Waals surface area contributed by atoms with E-state index in [-0.39, 0.29) is 5.78 Å². The van der Waals surface area contributed by atoms with Crippen molar-refractivity contribution < 1.29 is 4.79 Å². The number of benzene rings is 2. The number of halogens is 2. The molecule has 4 heteroatoms. The molecule has 0 aliphatic carbocycles. The molecule has 2 aromatic carbocycles. The van der Waals surface area contributed by atoms with E-state index in [1.54, 1.807) is 18.2 Å². The van der Waals surface area contributed by atoms with E-state index >= 15 is 0 Å². The second-order valence-electron chi connectivity index (χ2n) is 5.92. The zero-order chi connectivity index (χ0) is 16.2. The van der Waals surface area contributed by atoms with E-state index in [2.05, 4.69) is 4.90 Å². The predicted octanol–water partition coefficient (Wildman–Crippen LogP) is 5.21. The number of ketones is 1. The Hall–Kier alpha value is -1.35. The summed E-state index contributed by atoms with van der Waals surface area (Å²) in [4.78, 5) is 15.3. The Balaban J connectivity index is 1.90. The van der Waals surface area contributed by atoms with Crippen LogP contribution in [0.15, 0.2) is 42.5 Å². The summed E-state index contributed by atoms with van der Waals surface area (Å²) < 4.78 is 0. The first-order valence-electron chi connectivity index (χ1n) is 7.96. The monoisotopic (exact) mass is 347 g/mol. The van der Waals surface area contributed by atoms with Gasteiger partial charge in [-0.2, -0.15) is 0 Å². The van der Waals surface area contributed by atoms with Gasteiger partial charge in [0.15, 0.2) is 5.78 Å². The average molecular weight is 348 g/mol. The van der Waals surface area contributed by atoms with E-state index in [4.69, 9.17) is 23.2 Å². The van der Waals surface area contributed by atoms with Crippen molar-refractivity contribution in [2.24, 2.45) is 0 Å². The predicted molar refractivity (Wildman–Crippen MR) is 95.5 cm³/mol. The lowest BCUT2D eigenvalue weighted by molar-refractivity contribution is 0.103. The van der Waals surface area contributed by atoms with Gasteiger partial charge in [-0.3, -0.25) is 9.69 Å². The molecule has 0 spiro atoms. The van der Waals surface area contributed by atoms with Gasteiger partial charge in [0.05, 0.1) is 10.0 Å². The van der Waals surface area contributed by atoms with Crippen molar-refractivity contribution in [2.45, 2.75) is 25.8 Å². The molecule has 1 fully saturated rings. The van der Waals surface area contributed by atoms with Gasteiger partial charge in [0.25, 0.3) is 0 Å². The standard InChI is InChI=1S/C19H19Cl2NO/c20-17-10-6-9-16(18(17)21)19(23)15-8-3-2-7-14(15)13-22-11-4-1-5-12-22/h2-3,6-10H,1,4-5,11-13H2. The molecule has 0 N–H and O–H groups in total. The quantitative estimate of drug-likeness (QED) is 0.707. The highest BCUT2D eigenvalue weighted by atomic mass is 35.5. The molecule has 0 amide bonds. The highest BCUT2D eigenvalue weighted by molar-refractivity contribution is 6.44. The van der Waals surface area contributed by atoms with Gasteiger partial charge < -0.3 is 0 Å². The zero-order valence-electron chi connectivity index (χ0n) is 12.9. The van der Waals surface area contributed by atoms with E-state index in [1.165, 1.54) is 19.3 Å². The molecule has 0 bridgehead atoms. The molecule has 120 valence electrons. The van der Waals surface area contributed by atoms with Crippen molar-refractivity contribution in [1.82, 2.24) is 4.90 Å². The number of nitrogens with zero attached hydrogens (tertiary/aromatic N) is 1. The summed E-state index contributed by atoms with van der Waals surface area (Å²) in [6.07, 6.45) is 3.77. The maximum absolute atomic E-state index is 12.9. The van der Waals surface area contributed by atoms with Crippen LogP contribution in [0.5, 0.6) is 0 Å². The SMILES string of the molecule is O=C(c1ccccc1CN1CCCCC1)c1cccc(Cl)c1Cl. The van der Waals surface area contributed by atoms with Crippen LogP contribution in [-0.4, -0.2) is 23.8 Å². The van der Waals surface area contributed by atoms with Gasteiger partial charge >= 0.3 is 0 Å². The van der Waals surface area contributed by atoms with Crippen LogP contribution in [0.3, 0.4) is 0 Å². The molecule has 1 aliphatic heterocycles. The summed E-state index contributed by atoms with van der Waals surface area (Å²) in [5.74, 6) is -0.0647. The molecular weight excluding hydrogens is 329 g/mol. The first kappa shape index (κ1) is 16.5. The van der Waals surface area contributed by atoms with Gasteiger partial charge in [0, 0.05) is 17.7 Å². The molecular formula is C19H19Cl2NO. The lowest BCUT2D eigenvalue weighted by atomic mass is 9.97. The largest absolute Gasteiger partial charge is 0.299 e. The number of piperidine rings is 1. The first-order valence-corrected chi connectivity index (χ1v) is 8.71. The van der Waals surface area contributed by atoms with E-state index in [9.17, 15) is 4.79 Å². The summed E-state index contributed by atoms with van der Waals surface area (Å²) in [6, 6.07) is 13.0. The molecule has 1 aliphatic rings. The summed E-state index contributed by atoms with van der Waals surface area (Å²) in [6.45, 7) is 3.00. The minimum Gasteiger partial charge on any atom is -0.299 e. The Morgan fingerprint density at radius 3 is 2.39 bits per heavy atom. The Morgan fingerprint density at radius 1 is 0.913 bits per heavy atom. The van der Waals surface area contributed by atoms with Crippen LogP contribution in [0.4, 0.5) is 0 Å². The normalized spacial score (nSPS) is 15.6. The van der Waals surface area contributed by atoms with Crippen LogP contribution < -0.4 is 0 Å². The smallest absolute Gasteiger partial charge is 0.194 e. The maximum atomic E-state index is 12.9. The van der Waals surface area contributed by atoms with Crippen LogP contribution in [0, 0.1) is 0 Å². The van der Waals surface area contributed by atoms with Gasteiger partial charge in [-0.1, -0.05) is 60.0 Å². The van der Waals surface area contributed by atoms with Crippen molar-refractivity contribution in [2.75, 3.05) is 13.1 Å². The maximum Gasteiger partial charge on any atom is 0.194 e. The Kier molecular flexibility index (Phi) is 5.37. The second kappa shape index (κ2) is 7.48. The molecule has 2 nitrogen and oxygen atoms in total. The summed E-state index contributed by atoms with van der Waals surface area (Å²) >= 11 is 12.3. The van der Waals surface area contributed by atoms with E-state index in [0.29, 0.717) is 21.2 Å². The van der Waals surface area contributed by atoms with Crippen LogP contribution in [-0.2, 0) is 6.54 Å². The molecule has 3 rings (SSSR count). The van der Waals surface area contributed by atoms with Gasteiger partial charge in [-0.15, -0.1) is 0 Å². The molecule has 2 aromatic rings. The van der Waals surface area contributed by atoms with Crippen molar-refractivity contribution in [3.05, 3.63) is 69.2 Å². The number of hydrogen-bond donors (Lipinski definition) is 0. The van der Waals surface area contributed by atoms with Crippen molar-refractivity contribution in [1.29, 1.82) is 0 Å². The van der Waals surface area contributed by atoms with Crippen LogP contribution in [0.2, 0.25) is 10.0 Å². The van der Waals surface area contributed by atoms with Crippen LogP contribution >= 0.6 is 23.2 Å². The Morgan fingerprint density at radius 2 is 1.61 bits per heavy atom. The lowest BCUT2D eigenvalue weighted by Gasteiger charge is -2.27. The first-order chi connectivity index (χ1) is 11.2. The summed E-state index contributed by atoms with van der Waals surface area (Å²) in [7, 11) is 0. The molecule has 0 aromatic heterocycles. The van der Waals surface area contributed by atoms with E-state index < -0.39 is 0 Å². The minimum absolute atomic E-state index is 0.0647. The number of rotatable bonds is 4. The fourth-order valence-electron chi connectivity index (χ4n) is 3.06. The zero-order valence-corrected chi connectivity index (χ0v) is 14.4. The molecule has 1 heterocycles. The van der Waals surface area contributed by atoms with Crippen LogP contribution in [0.25, 0.3) is 0 Å². The third-order valence-electron chi connectivity index (χ3n) is 4.30. The van der Waals surface area contributed by atoms with Gasteiger partial charge in [0.1, 0.15) is 0 Å². The number of hydrogen-bond acceptors (Lipinski definition) is 2. The molecule has 1 saturated heterocycles. The van der Waals surface area contributed by atoms with Gasteiger partial charge in [0.2, 0.25) is 0 Å². The second-order valence-corrected chi connectivity index (χ2v) is 6.71. The molecule has 0 unspecified atom stereocenters. The van der Waals surface area contributed by atoms with Crippen LogP contribution in [0.1, 0.15) is 40.7 Å². The summed E-state index contributed by atoms with van der Waals surface area (Å²) in [5, 5.41) is 0.734. The topological polar surface area (TPSA) is 20.3 Å². The van der Waals surface area contributed by atoms with Gasteiger partial charge in [-0.25, -0.2) is 0 Å². The lowest BCUT2D eigenvalue weighted by Crippen LogP contribution is -2.29. The van der Waals surface area contributed by atoms with Crippen molar-refractivity contribution >= 4 is 29.0 Å². The minimum atomic E-state index is -0.0647. The highest BCUT2D eigenvalue weighted by Crippen LogP contribution is 2.28. The molecule has 23 heavy (non-hydrogen) atoms. The van der Waals surface area contributed by atoms with E-state index in [1.807, 2.05) is 24.3 Å². The van der Waals surface area contributed by atoms with Crippen molar-refractivity contribution in [3.8, 4) is 0 Å². The number of likely N-dealkylation sites (tertiary alicyclic amines) is 1. The molecule has 0 saturated carbocycles. The fourth-order valence-corrected chi connectivity index (χ4v) is 3.45. The van der Waals surface area contributed by atoms with Gasteiger partial charge in [-0.05, 0) is 43.6 Å². The molecule has 0 radical (unpaired) electrons. The van der Waals surface area contributed by atoms with E-state index in [0.717, 1.165) is 25.2 Å². The number of carbonyl (C=O) groups excluding carboxylic acids is 1. The van der Waals surface area contributed by atoms with Crippen molar-refractivity contribution in [3.63, 3.8) is 0 Å². The Bertz CT molecular complexity index is 708.